The van der Waals surface area contributed by atoms with E-state index in [1.807, 2.05) is 30.3 Å². The molecule has 96 valence electrons. The van der Waals surface area contributed by atoms with Crippen molar-refractivity contribution < 1.29 is 9.53 Å². The van der Waals surface area contributed by atoms with Crippen LogP contribution in [0.5, 0.6) is 0 Å². The van der Waals surface area contributed by atoms with Crippen LogP contribution in [0, 0.1) is 18.3 Å². The fraction of sp³-hybridized carbons (Fsp3) is 0.400. The van der Waals surface area contributed by atoms with Crippen molar-refractivity contribution in [2.45, 2.75) is 32.9 Å². The molecule has 0 radical (unpaired) electrons. The normalized spacial score (nSPS) is 11.7. The number of ether oxygens (including phenoxy) is 1. The third kappa shape index (κ3) is 5.40. The highest BCUT2D eigenvalue weighted by Crippen LogP contribution is 2.05. The Balaban J connectivity index is 2.35. The fourth-order valence-electron chi connectivity index (χ4n) is 1.55. The van der Waals surface area contributed by atoms with E-state index in [1.165, 1.54) is 0 Å². The summed E-state index contributed by atoms with van der Waals surface area (Å²) < 4.78 is 5.10. The monoisotopic (exact) mass is 245 g/mol. The summed E-state index contributed by atoms with van der Waals surface area (Å²) in [6, 6.07) is 9.26. The highest BCUT2D eigenvalue weighted by molar-refractivity contribution is 5.68. The van der Waals surface area contributed by atoms with Gasteiger partial charge in [-0.1, -0.05) is 50.1 Å². The number of benzene rings is 1. The van der Waals surface area contributed by atoms with Crippen LogP contribution in [0.1, 0.15) is 25.8 Å². The van der Waals surface area contributed by atoms with Crippen LogP contribution < -0.4 is 5.32 Å². The second-order valence-electron chi connectivity index (χ2n) is 4.55. The highest BCUT2D eigenvalue weighted by atomic mass is 16.5. The van der Waals surface area contributed by atoms with E-state index in [-0.39, 0.29) is 12.6 Å². The van der Waals surface area contributed by atoms with Crippen LogP contribution in [0.2, 0.25) is 0 Å². The number of nitrogens with one attached hydrogen (secondary N) is 1. The van der Waals surface area contributed by atoms with Crippen molar-refractivity contribution in [3.05, 3.63) is 35.9 Å². The van der Waals surface area contributed by atoms with Crippen LogP contribution in [-0.2, 0) is 11.3 Å². The van der Waals surface area contributed by atoms with Crippen LogP contribution in [0.25, 0.3) is 0 Å². The van der Waals surface area contributed by atoms with Gasteiger partial charge in [0.1, 0.15) is 6.61 Å². The smallest absolute Gasteiger partial charge is 0.408 e. The van der Waals surface area contributed by atoms with Gasteiger partial charge in [-0.05, 0) is 17.9 Å². The van der Waals surface area contributed by atoms with Gasteiger partial charge in [0.15, 0.2) is 0 Å². The Morgan fingerprint density at radius 1 is 1.39 bits per heavy atom. The quantitative estimate of drug-likeness (QED) is 0.810. The molecule has 0 saturated heterocycles. The molecule has 18 heavy (non-hydrogen) atoms. The van der Waals surface area contributed by atoms with Gasteiger partial charge in [0.25, 0.3) is 0 Å². The molecule has 0 fully saturated rings. The molecule has 0 aliphatic carbocycles. The molecular formula is C15H19NO2. The van der Waals surface area contributed by atoms with E-state index in [0.29, 0.717) is 5.92 Å². The number of rotatable bonds is 5. The number of carbonyl (C=O) groups is 1. The van der Waals surface area contributed by atoms with E-state index < -0.39 is 6.09 Å². The second kappa shape index (κ2) is 7.39. The Morgan fingerprint density at radius 3 is 2.61 bits per heavy atom. The molecule has 0 heterocycles. The molecule has 1 N–H and O–H groups in total. The lowest BCUT2D eigenvalue weighted by atomic mass is 10.0. The first-order valence-electron chi connectivity index (χ1n) is 6.05. The molecule has 1 amide bonds. The fourth-order valence-corrected chi connectivity index (χ4v) is 1.55. The van der Waals surface area contributed by atoms with Crippen molar-refractivity contribution in [2.24, 2.45) is 5.92 Å². The van der Waals surface area contributed by atoms with Crippen molar-refractivity contribution in [3.63, 3.8) is 0 Å². The Morgan fingerprint density at radius 2 is 2.06 bits per heavy atom. The molecule has 1 atom stereocenters. The minimum Gasteiger partial charge on any atom is -0.445 e. The summed E-state index contributed by atoms with van der Waals surface area (Å²) in [5, 5.41) is 2.67. The average molecular weight is 245 g/mol. The first kappa shape index (κ1) is 14.1. The maximum absolute atomic E-state index is 11.5. The lowest BCUT2D eigenvalue weighted by Gasteiger charge is -2.15. The van der Waals surface area contributed by atoms with Crippen LogP contribution in [0.15, 0.2) is 30.3 Å². The zero-order valence-corrected chi connectivity index (χ0v) is 10.8. The summed E-state index contributed by atoms with van der Waals surface area (Å²) in [4.78, 5) is 11.5. The third-order valence-electron chi connectivity index (χ3n) is 2.41. The van der Waals surface area contributed by atoms with Gasteiger partial charge in [-0.25, -0.2) is 4.79 Å². The van der Waals surface area contributed by atoms with E-state index in [2.05, 4.69) is 25.1 Å². The number of hydrogen-bond donors (Lipinski definition) is 1. The minimum absolute atomic E-state index is 0.256. The van der Waals surface area contributed by atoms with Gasteiger partial charge in [0.2, 0.25) is 0 Å². The van der Waals surface area contributed by atoms with Gasteiger partial charge < -0.3 is 10.1 Å². The van der Waals surface area contributed by atoms with Gasteiger partial charge in [0, 0.05) is 0 Å². The van der Waals surface area contributed by atoms with Crippen molar-refractivity contribution in [3.8, 4) is 12.3 Å². The largest absolute Gasteiger partial charge is 0.445 e. The molecule has 1 rings (SSSR count). The molecule has 0 spiro atoms. The van der Waals surface area contributed by atoms with Gasteiger partial charge in [-0.2, -0.15) is 0 Å². The van der Waals surface area contributed by atoms with E-state index in [0.717, 1.165) is 12.0 Å². The molecule has 3 nitrogen and oxygen atoms in total. The number of amides is 1. The Labute approximate surface area is 109 Å². The molecule has 0 aromatic heterocycles. The summed E-state index contributed by atoms with van der Waals surface area (Å²) in [6.07, 6.45) is 5.63. The van der Waals surface area contributed by atoms with E-state index in [1.54, 1.807) is 0 Å². The van der Waals surface area contributed by atoms with E-state index >= 15 is 0 Å². The van der Waals surface area contributed by atoms with Crippen LogP contribution in [0.4, 0.5) is 4.79 Å². The number of carbonyl (C=O) groups excluding carboxylic acids is 1. The predicted octanol–water partition coefficient (Wildman–Crippen LogP) is 2.96. The minimum atomic E-state index is -0.470. The molecular weight excluding hydrogens is 226 g/mol. The zero-order valence-electron chi connectivity index (χ0n) is 10.8. The van der Waals surface area contributed by atoms with Crippen molar-refractivity contribution >= 4 is 6.09 Å². The van der Waals surface area contributed by atoms with Gasteiger partial charge in [-0.15, -0.1) is 6.42 Å². The summed E-state index contributed by atoms with van der Waals surface area (Å²) in [5.74, 6) is 2.98. The van der Waals surface area contributed by atoms with E-state index in [4.69, 9.17) is 11.2 Å². The molecule has 3 heteroatoms. The molecule has 1 aromatic carbocycles. The maximum atomic E-state index is 11.5. The molecule has 0 aliphatic rings. The lowest BCUT2D eigenvalue weighted by Crippen LogP contribution is -2.35. The summed E-state index contributed by atoms with van der Waals surface area (Å²) in [7, 11) is 0. The molecule has 0 saturated carbocycles. The Hall–Kier alpha value is -1.95. The summed E-state index contributed by atoms with van der Waals surface area (Å²) in [5.41, 5.74) is 0.953. The third-order valence-corrected chi connectivity index (χ3v) is 2.41. The first-order chi connectivity index (χ1) is 8.61. The van der Waals surface area contributed by atoms with Crippen molar-refractivity contribution in [1.82, 2.24) is 5.32 Å². The van der Waals surface area contributed by atoms with Crippen LogP contribution in [-0.4, -0.2) is 12.1 Å². The van der Waals surface area contributed by atoms with Crippen molar-refractivity contribution in [2.75, 3.05) is 0 Å². The Kier molecular flexibility index (Phi) is 5.79. The number of alkyl carbamates (subject to hydrolysis) is 1. The number of hydrogen-bond acceptors (Lipinski definition) is 2. The topological polar surface area (TPSA) is 38.3 Å². The second-order valence-corrected chi connectivity index (χ2v) is 4.55. The van der Waals surface area contributed by atoms with Crippen LogP contribution >= 0.6 is 0 Å². The predicted molar refractivity (Wildman–Crippen MR) is 71.8 cm³/mol. The van der Waals surface area contributed by atoms with Crippen LogP contribution in [0.3, 0.4) is 0 Å². The molecule has 1 aromatic rings. The summed E-state index contributed by atoms with van der Waals surface area (Å²) in [6.45, 7) is 4.37. The maximum Gasteiger partial charge on any atom is 0.408 e. The Bertz CT molecular complexity index is 406. The number of terminal acetylenes is 1. The molecule has 0 aliphatic heterocycles. The highest BCUT2D eigenvalue weighted by Gasteiger charge is 2.11. The standard InChI is InChI=1S/C15H19NO2/c1-4-14(10-12(2)3)16-15(17)18-11-13-8-6-5-7-9-13/h1,5-9,12,14H,10-11H2,2-3H3,(H,16,17)/t14-/m0/s1. The molecule has 0 bridgehead atoms. The van der Waals surface area contributed by atoms with Crippen molar-refractivity contribution in [1.29, 1.82) is 0 Å². The molecule has 0 unspecified atom stereocenters. The average Bonchev–Trinajstić information content (AvgIpc) is 2.36. The lowest BCUT2D eigenvalue weighted by molar-refractivity contribution is 0.137. The van der Waals surface area contributed by atoms with Gasteiger partial charge in [-0.3, -0.25) is 0 Å². The first-order valence-corrected chi connectivity index (χ1v) is 6.05. The van der Waals surface area contributed by atoms with Gasteiger partial charge in [0.05, 0.1) is 6.04 Å². The SMILES string of the molecule is C#C[C@@H](CC(C)C)NC(=O)OCc1ccccc1. The zero-order chi connectivity index (χ0) is 13.4. The van der Waals surface area contributed by atoms with E-state index in [9.17, 15) is 4.79 Å². The summed E-state index contributed by atoms with van der Waals surface area (Å²) >= 11 is 0. The van der Waals surface area contributed by atoms with Gasteiger partial charge >= 0.3 is 6.09 Å².